The van der Waals surface area contributed by atoms with Crippen molar-refractivity contribution in [1.29, 1.82) is 0 Å². The fourth-order valence-electron chi connectivity index (χ4n) is 3.74. The van der Waals surface area contributed by atoms with Gasteiger partial charge in [0.05, 0.1) is 11.1 Å². The predicted octanol–water partition coefficient (Wildman–Crippen LogP) is 4.75. The third-order valence-corrected chi connectivity index (χ3v) is 7.19. The van der Waals surface area contributed by atoms with Gasteiger partial charge in [0.15, 0.2) is 5.16 Å². The number of nitrogens with zero attached hydrogens (tertiary/aromatic N) is 2. The van der Waals surface area contributed by atoms with Crippen LogP contribution < -0.4 is 11.1 Å². The smallest absolute Gasteiger partial charge is 0.234 e. The lowest BCUT2D eigenvalue weighted by atomic mass is 9.97. The van der Waals surface area contributed by atoms with Crippen LogP contribution in [0.2, 0.25) is 0 Å². The summed E-state index contributed by atoms with van der Waals surface area (Å²) in [5, 5.41) is 4.65. The van der Waals surface area contributed by atoms with Crippen molar-refractivity contribution in [3.63, 3.8) is 0 Å². The molecule has 3 N–H and O–H groups in total. The van der Waals surface area contributed by atoms with Crippen molar-refractivity contribution in [3.05, 3.63) is 39.8 Å². The number of thiophene rings is 1. The summed E-state index contributed by atoms with van der Waals surface area (Å²) >= 11 is 3.06. The molecule has 146 valence electrons. The lowest BCUT2D eigenvalue weighted by Crippen LogP contribution is -2.16. The van der Waals surface area contributed by atoms with Gasteiger partial charge in [0.2, 0.25) is 5.91 Å². The molecule has 0 saturated carbocycles. The number of aromatic nitrogens is 2. The number of carbonyl (C=O) groups is 1. The van der Waals surface area contributed by atoms with Crippen LogP contribution in [0.5, 0.6) is 0 Å². The van der Waals surface area contributed by atoms with E-state index in [1.807, 2.05) is 25.1 Å². The number of fused-ring (bicyclic) bond motifs is 3. The van der Waals surface area contributed by atoms with Crippen molar-refractivity contribution < 1.29 is 4.79 Å². The molecular weight excluding hydrogens is 388 g/mol. The zero-order chi connectivity index (χ0) is 19.7. The van der Waals surface area contributed by atoms with E-state index in [-0.39, 0.29) is 11.7 Å². The van der Waals surface area contributed by atoms with Crippen molar-refractivity contribution >= 4 is 50.7 Å². The first-order valence-electron chi connectivity index (χ1n) is 9.65. The Morgan fingerprint density at radius 3 is 2.93 bits per heavy atom. The number of benzene rings is 1. The first-order chi connectivity index (χ1) is 13.6. The molecule has 1 aromatic carbocycles. The number of hydrogen-bond donors (Lipinski definition) is 2. The monoisotopic (exact) mass is 412 g/mol. The van der Waals surface area contributed by atoms with E-state index in [0.717, 1.165) is 46.3 Å². The summed E-state index contributed by atoms with van der Waals surface area (Å²) < 4.78 is 0. The summed E-state index contributed by atoms with van der Waals surface area (Å²) in [6.45, 7) is 4.10. The highest BCUT2D eigenvalue weighted by Crippen LogP contribution is 2.38. The van der Waals surface area contributed by atoms with E-state index < -0.39 is 0 Å². The van der Waals surface area contributed by atoms with E-state index in [2.05, 4.69) is 22.2 Å². The van der Waals surface area contributed by atoms with Gasteiger partial charge in [-0.15, -0.1) is 11.3 Å². The van der Waals surface area contributed by atoms with E-state index in [4.69, 9.17) is 5.73 Å². The first-order valence-corrected chi connectivity index (χ1v) is 11.5. The number of aryl methyl sites for hydroxylation is 4. The quantitative estimate of drug-likeness (QED) is 0.467. The fraction of sp³-hybridized carbons (Fsp3) is 0.381. The summed E-state index contributed by atoms with van der Waals surface area (Å²) in [5.74, 6) is 0.745. The van der Waals surface area contributed by atoms with Crippen molar-refractivity contribution in [2.24, 2.45) is 0 Å². The van der Waals surface area contributed by atoms with Gasteiger partial charge in [0.1, 0.15) is 10.6 Å². The maximum absolute atomic E-state index is 12.5. The summed E-state index contributed by atoms with van der Waals surface area (Å²) in [7, 11) is 0. The minimum atomic E-state index is -0.0539. The Bertz CT molecular complexity index is 1040. The van der Waals surface area contributed by atoms with Gasteiger partial charge in [0.25, 0.3) is 0 Å². The number of nitrogens with two attached hydrogens (primary N) is 1. The Hall–Kier alpha value is -2.12. The van der Waals surface area contributed by atoms with Crippen molar-refractivity contribution in [3.8, 4) is 0 Å². The molecule has 7 heteroatoms. The highest BCUT2D eigenvalue weighted by molar-refractivity contribution is 7.99. The Morgan fingerprint density at radius 2 is 2.11 bits per heavy atom. The van der Waals surface area contributed by atoms with Crippen LogP contribution in [0.3, 0.4) is 0 Å². The normalized spacial score (nSPS) is 13.5. The average Bonchev–Trinajstić information content (AvgIpc) is 3.06. The van der Waals surface area contributed by atoms with E-state index in [1.54, 1.807) is 11.3 Å². The molecule has 1 amide bonds. The van der Waals surface area contributed by atoms with E-state index in [1.165, 1.54) is 35.0 Å². The number of nitrogen functional groups attached to an aromatic ring is 1. The zero-order valence-corrected chi connectivity index (χ0v) is 17.8. The second kappa shape index (κ2) is 8.09. The molecule has 28 heavy (non-hydrogen) atoms. The van der Waals surface area contributed by atoms with E-state index in [9.17, 15) is 4.79 Å². The number of rotatable bonds is 5. The third kappa shape index (κ3) is 3.73. The predicted molar refractivity (Wildman–Crippen MR) is 118 cm³/mol. The second-order valence-electron chi connectivity index (χ2n) is 7.08. The summed E-state index contributed by atoms with van der Waals surface area (Å²) in [6, 6.07) is 6.08. The van der Waals surface area contributed by atoms with Crippen LogP contribution >= 0.6 is 23.1 Å². The molecule has 0 bridgehead atoms. The Kier molecular flexibility index (Phi) is 5.55. The van der Waals surface area contributed by atoms with Crippen LogP contribution in [0, 0.1) is 6.92 Å². The lowest BCUT2D eigenvalue weighted by Gasteiger charge is -2.12. The number of amides is 1. The minimum absolute atomic E-state index is 0.0539. The van der Waals surface area contributed by atoms with Gasteiger partial charge in [0, 0.05) is 10.6 Å². The maximum atomic E-state index is 12.5. The summed E-state index contributed by atoms with van der Waals surface area (Å²) in [6.07, 6.45) is 5.48. The van der Waals surface area contributed by atoms with Crippen LogP contribution in [-0.4, -0.2) is 21.6 Å². The molecule has 5 nitrogen and oxygen atoms in total. The van der Waals surface area contributed by atoms with Gasteiger partial charge < -0.3 is 11.1 Å². The van der Waals surface area contributed by atoms with Gasteiger partial charge in [-0.3, -0.25) is 4.79 Å². The molecule has 1 aliphatic carbocycles. The summed E-state index contributed by atoms with van der Waals surface area (Å²) in [4.78, 5) is 24.0. The second-order valence-corrected chi connectivity index (χ2v) is 9.11. The van der Waals surface area contributed by atoms with Gasteiger partial charge in [-0.05, 0) is 55.7 Å². The molecular formula is C21H24N4OS2. The molecule has 2 aromatic heterocycles. The standard InChI is InChI=1S/C21H24N4OS2/c1-3-13-8-6-7-12(2)18(13)23-16(26)11-27-21-24-19(22)17-14-9-4-5-10-15(14)28-20(17)25-21/h6-8H,3-5,9-11H2,1-2H3,(H,23,26)(H2,22,24,25). The van der Waals surface area contributed by atoms with Gasteiger partial charge >= 0.3 is 0 Å². The number of hydrogen-bond acceptors (Lipinski definition) is 6. The highest BCUT2D eigenvalue weighted by Gasteiger charge is 2.20. The Balaban J connectivity index is 1.49. The Labute approximate surface area is 173 Å². The van der Waals surface area contributed by atoms with Crippen LogP contribution in [0.1, 0.15) is 41.3 Å². The number of nitrogens with one attached hydrogen (secondary N) is 1. The molecule has 1 aliphatic rings. The van der Waals surface area contributed by atoms with E-state index in [0.29, 0.717) is 11.0 Å². The van der Waals surface area contributed by atoms with Crippen LogP contribution in [0.4, 0.5) is 11.5 Å². The first kappa shape index (κ1) is 19.2. The molecule has 0 fully saturated rings. The molecule has 4 rings (SSSR count). The van der Waals surface area contributed by atoms with Crippen LogP contribution in [-0.2, 0) is 24.1 Å². The number of para-hydroxylation sites is 1. The van der Waals surface area contributed by atoms with Crippen molar-refractivity contribution in [1.82, 2.24) is 9.97 Å². The zero-order valence-electron chi connectivity index (χ0n) is 16.2. The topological polar surface area (TPSA) is 80.9 Å². The average molecular weight is 413 g/mol. The maximum Gasteiger partial charge on any atom is 0.234 e. The van der Waals surface area contributed by atoms with Gasteiger partial charge in [-0.1, -0.05) is 36.9 Å². The molecule has 0 spiro atoms. The fourth-order valence-corrected chi connectivity index (χ4v) is 5.72. The SMILES string of the molecule is CCc1cccc(C)c1NC(=O)CSc1nc(N)c2c3c(sc2n1)CCCC3. The number of anilines is 2. The number of thioether (sulfide) groups is 1. The van der Waals surface area contributed by atoms with E-state index >= 15 is 0 Å². The molecule has 0 aliphatic heterocycles. The highest BCUT2D eigenvalue weighted by atomic mass is 32.2. The minimum Gasteiger partial charge on any atom is -0.383 e. The molecule has 0 saturated heterocycles. The van der Waals surface area contributed by atoms with Crippen molar-refractivity contribution in [2.45, 2.75) is 51.1 Å². The molecule has 0 atom stereocenters. The van der Waals surface area contributed by atoms with Crippen LogP contribution in [0.15, 0.2) is 23.4 Å². The number of carbonyl (C=O) groups excluding carboxylic acids is 1. The van der Waals surface area contributed by atoms with Crippen molar-refractivity contribution in [2.75, 3.05) is 16.8 Å². The molecule has 3 aromatic rings. The molecule has 0 radical (unpaired) electrons. The van der Waals surface area contributed by atoms with Crippen LogP contribution in [0.25, 0.3) is 10.2 Å². The largest absolute Gasteiger partial charge is 0.383 e. The van der Waals surface area contributed by atoms with Gasteiger partial charge in [-0.25, -0.2) is 9.97 Å². The molecule has 2 heterocycles. The molecule has 0 unspecified atom stereocenters. The Morgan fingerprint density at radius 1 is 1.29 bits per heavy atom. The van der Waals surface area contributed by atoms with Gasteiger partial charge in [-0.2, -0.15) is 0 Å². The third-order valence-electron chi connectivity index (χ3n) is 5.16. The lowest BCUT2D eigenvalue weighted by molar-refractivity contribution is -0.113. The summed E-state index contributed by atoms with van der Waals surface area (Å²) in [5.41, 5.74) is 10.7.